The number of carbonyl (C=O) groups excluding carboxylic acids is 1. The van der Waals surface area contributed by atoms with Crippen molar-refractivity contribution in [1.82, 2.24) is 0 Å². The lowest BCUT2D eigenvalue weighted by Gasteiger charge is -2.15. The van der Waals surface area contributed by atoms with Crippen LogP contribution < -0.4 is 0 Å². The molecule has 0 spiro atoms. The van der Waals surface area contributed by atoms with Crippen LogP contribution in [0, 0.1) is 11.8 Å². The molecule has 13 heavy (non-hydrogen) atoms. The van der Waals surface area contributed by atoms with Crippen LogP contribution in [0.4, 0.5) is 4.39 Å². The maximum Gasteiger partial charge on any atom is 0.306 e. The zero-order chi connectivity index (χ0) is 9.59. The first-order valence-corrected chi connectivity index (χ1v) is 4.27. The van der Waals surface area contributed by atoms with E-state index in [4.69, 9.17) is 9.84 Å². The minimum atomic E-state index is -1.55. The fourth-order valence-corrected chi connectivity index (χ4v) is 2.22. The Bertz CT molecular complexity index is 232. The molecule has 4 nitrogen and oxygen atoms in total. The number of esters is 1. The van der Waals surface area contributed by atoms with Crippen LogP contribution in [0.3, 0.4) is 0 Å². The molecule has 2 N–H and O–H groups in total. The Morgan fingerprint density at radius 1 is 1.62 bits per heavy atom. The van der Waals surface area contributed by atoms with Gasteiger partial charge in [0, 0.05) is 18.4 Å². The second-order valence-electron chi connectivity index (χ2n) is 3.60. The summed E-state index contributed by atoms with van der Waals surface area (Å²) >= 11 is 0. The Balaban J connectivity index is 2.19. The lowest BCUT2D eigenvalue weighted by atomic mass is 9.93. The molecule has 0 radical (unpaired) electrons. The molecule has 1 aliphatic heterocycles. The molecule has 0 aromatic heterocycles. The normalized spacial score (nSPS) is 49.2. The van der Waals surface area contributed by atoms with Crippen LogP contribution in [0.15, 0.2) is 0 Å². The Labute approximate surface area is 74.3 Å². The topological polar surface area (TPSA) is 66.8 Å². The highest BCUT2D eigenvalue weighted by molar-refractivity contribution is 5.72. The predicted molar refractivity (Wildman–Crippen MR) is 39.5 cm³/mol. The van der Waals surface area contributed by atoms with E-state index < -0.39 is 30.3 Å². The summed E-state index contributed by atoms with van der Waals surface area (Å²) in [4.78, 5) is 10.8. The molecular weight excluding hydrogens is 179 g/mol. The van der Waals surface area contributed by atoms with Crippen molar-refractivity contribution in [3.63, 3.8) is 0 Å². The smallest absolute Gasteiger partial charge is 0.306 e. The highest BCUT2D eigenvalue weighted by atomic mass is 19.1. The van der Waals surface area contributed by atoms with Crippen molar-refractivity contribution in [3.8, 4) is 0 Å². The largest absolute Gasteiger partial charge is 0.459 e. The van der Waals surface area contributed by atoms with Crippen molar-refractivity contribution in [1.29, 1.82) is 0 Å². The van der Waals surface area contributed by atoms with E-state index in [9.17, 15) is 14.3 Å². The van der Waals surface area contributed by atoms with Gasteiger partial charge in [-0.1, -0.05) is 0 Å². The van der Waals surface area contributed by atoms with Crippen molar-refractivity contribution >= 4 is 5.97 Å². The summed E-state index contributed by atoms with van der Waals surface area (Å²) in [6.07, 6.45) is -3.49. The molecule has 0 aromatic rings. The highest BCUT2D eigenvalue weighted by Gasteiger charge is 2.56. The molecule has 0 amide bonds. The van der Waals surface area contributed by atoms with Gasteiger partial charge < -0.3 is 14.9 Å². The van der Waals surface area contributed by atoms with Crippen molar-refractivity contribution in [2.24, 2.45) is 11.8 Å². The molecule has 1 aliphatic carbocycles. The van der Waals surface area contributed by atoms with E-state index in [2.05, 4.69) is 0 Å². The number of hydrogen-bond donors (Lipinski definition) is 2. The quantitative estimate of drug-likeness (QED) is 0.533. The number of hydrogen-bond acceptors (Lipinski definition) is 4. The number of aliphatic hydroxyl groups is 2. The van der Waals surface area contributed by atoms with E-state index in [1.807, 2.05) is 0 Å². The van der Waals surface area contributed by atoms with E-state index >= 15 is 0 Å². The summed E-state index contributed by atoms with van der Waals surface area (Å²) in [7, 11) is 0. The van der Waals surface area contributed by atoms with E-state index in [-0.39, 0.29) is 18.9 Å². The lowest BCUT2D eigenvalue weighted by molar-refractivity contribution is -0.144. The maximum absolute atomic E-state index is 13.2. The summed E-state index contributed by atoms with van der Waals surface area (Å²) < 4.78 is 18.0. The Hall–Kier alpha value is -0.680. The molecule has 74 valence electrons. The van der Waals surface area contributed by atoms with Crippen LogP contribution in [-0.4, -0.2) is 41.2 Å². The zero-order valence-corrected chi connectivity index (χ0v) is 6.89. The number of halogens is 1. The van der Waals surface area contributed by atoms with Gasteiger partial charge in [-0.25, -0.2) is 4.39 Å². The summed E-state index contributed by atoms with van der Waals surface area (Å²) in [5.74, 6) is -1.36. The van der Waals surface area contributed by atoms with E-state index in [1.54, 1.807) is 0 Å². The maximum atomic E-state index is 13.2. The van der Waals surface area contributed by atoms with Gasteiger partial charge in [-0.05, 0) is 0 Å². The Kier molecular flexibility index (Phi) is 2.00. The molecule has 2 rings (SSSR count). The number of alkyl halides is 1. The van der Waals surface area contributed by atoms with Gasteiger partial charge in [-0.2, -0.15) is 0 Å². The van der Waals surface area contributed by atoms with Gasteiger partial charge in [-0.3, -0.25) is 4.79 Å². The van der Waals surface area contributed by atoms with Crippen LogP contribution in [-0.2, 0) is 9.53 Å². The van der Waals surface area contributed by atoms with Crippen LogP contribution in [0.2, 0.25) is 0 Å². The van der Waals surface area contributed by atoms with Gasteiger partial charge in [0.05, 0.1) is 12.5 Å². The van der Waals surface area contributed by atoms with E-state index in [1.165, 1.54) is 0 Å². The first-order valence-electron chi connectivity index (χ1n) is 4.27. The van der Waals surface area contributed by atoms with Gasteiger partial charge in [0.15, 0.2) is 6.17 Å². The average Bonchev–Trinajstić information content (AvgIpc) is 2.54. The van der Waals surface area contributed by atoms with Crippen LogP contribution in [0.5, 0.6) is 0 Å². The van der Waals surface area contributed by atoms with Gasteiger partial charge in [0.2, 0.25) is 0 Å². The first-order chi connectivity index (χ1) is 6.15. The van der Waals surface area contributed by atoms with Crippen LogP contribution >= 0.6 is 0 Å². The number of carbonyl (C=O) groups is 1. The molecule has 2 aliphatic rings. The van der Waals surface area contributed by atoms with Crippen LogP contribution in [0.1, 0.15) is 6.42 Å². The second-order valence-corrected chi connectivity index (χ2v) is 3.60. The van der Waals surface area contributed by atoms with Crippen molar-refractivity contribution < 1.29 is 24.1 Å². The lowest BCUT2D eigenvalue weighted by Crippen LogP contribution is -2.29. The van der Waals surface area contributed by atoms with Crippen LogP contribution in [0.25, 0.3) is 0 Å². The second kappa shape index (κ2) is 2.92. The SMILES string of the molecule is O=C1C[C@@H]2C(CO)[C@H](O)[C@H](F)[C@@H]2O1. The Morgan fingerprint density at radius 3 is 2.92 bits per heavy atom. The molecule has 1 unspecified atom stereocenters. The van der Waals surface area contributed by atoms with Gasteiger partial charge >= 0.3 is 5.97 Å². The third kappa shape index (κ3) is 1.14. The summed E-state index contributed by atoms with van der Waals surface area (Å²) in [6, 6.07) is 0. The zero-order valence-electron chi connectivity index (χ0n) is 6.89. The third-order valence-corrected chi connectivity index (χ3v) is 2.93. The molecule has 0 bridgehead atoms. The predicted octanol–water partition coefficient (Wildman–Crippen LogP) is -0.761. The minimum absolute atomic E-state index is 0.105. The first kappa shape index (κ1) is 8.90. The minimum Gasteiger partial charge on any atom is -0.459 e. The molecule has 5 heteroatoms. The molecule has 1 saturated carbocycles. The highest BCUT2D eigenvalue weighted by Crippen LogP contribution is 2.42. The number of rotatable bonds is 1. The average molecular weight is 190 g/mol. The van der Waals surface area contributed by atoms with Crippen molar-refractivity contribution in [2.75, 3.05) is 6.61 Å². The van der Waals surface area contributed by atoms with Gasteiger partial charge in [0.25, 0.3) is 0 Å². The number of aliphatic hydroxyl groups excluding tert-OH is 2. The Morgan fingerprint density at radius 2 is 2.31 bits per heavy atom. The van der Waals surface area contributed by atoms with Gasteiger partial charge in [-0.15, -0.1) is 0 Å². The molecule has 1 heterocycles. The molecule has 1 saturated heterocycles. The summed E-state index contributed by atoms with van der Waals surface area (Å²) in [5, 5.41) is 18.2. The fraction of sp³-hybridized carbons (Fsp3) is 0.875. The standard InChI is InChI=1S/C8H11FO4/c9-6-7(12)4(2-10)3-1-5(11)13-8(3)6/h3-4,6-8,10,12H,1-2H2/t3-,4?,6+,7+,8-/m1/s1. The molecule has 5 atom stereocenters. The molecule has 2 fully saturated rings. The van der Waals surface area contributed by atoms with Crippen molar-refractivity contribution in [2.45, 2.75) is 24.8 Å². The number of ether oxygens (including phenoxy) is 1. The summed E-state index contributed by atoms with van der Waals surface area (Å²) in [6.45, 7) is -0.306. The van der Waals surface area contributed by atoms with Crippen molar-refractivity contribution in [3.05, 3.63) is 0 Å². The molecule has 0 aromatic carbocycles. The monoisotopic (exact) mass is 190 g/mol. The van der Waals surface area contributed by atoms with E-state index in [0.717, 1.165) is 0 Å². The summed E-state index contributed by atoms with van der Waals surface area (Å²) in [5.41, 5.74) is 0. The number of fused-ring (bicyclic) bond motifs is 1. The van der Waals surface area contributed by atoms with E-state index in [0.29, 0.717) is 0 Å². The molecular formula is C8H11FO4. The third-order valence-electron chi connectivity index (χ3n) is 2.93. The van der Waals surface area contributed by atoms with Gasteiger partial charge in [0.1, 0.15) is 6.10 Å². The fourth-order valence-electron chi connectivity index (χ4n) is 2.22.